The highest BCUT2D eigenvalue weighted by atomic mass is 35.5. The maximum atomic E-state index is 11.8. The Morgan fingerprint density at radius 3 is 2.90 bits per heavy atom. The van der Waals surface area contributed by atoms with Gasteiger partial charge in [0.1, 0.15) is 5.75 Å². The molecule has 118 valence electrons. The third kappa shape index (κ3) is 4.88. The normalized spacial score (nSPS) is 20.7. The van der Waals surface area contributed by atoms with Gasteiger partial charge in [0, 0.05) is 13.1 Å². The zero-order chi connectivity index (χ0) is 14.5. The Labute approximate surface area is 131 Å². The van der Waals surface area contributed by atoms with Gasteiger partial charge in [0.15, 0.2) is 0 Å². The summed E-state index contributed by atoms with van der Waals surface area (Å²) in [5.74, 6) is 0.829. The Morgan fingerprint density at radius 2 is 2.29 bits per heavy atom. The van der Waals surface area contributed by atoms with Crippen LogP contribution in [0.3, 0.4) is 0 Å². The Hall–Kier alpha value is -1.30. The molecule has 1 aliphatic rings. The smallest absolute Gasteiger partial charge is 0.237 e. The zero-order valence-electron chi connectivity index (χ0n) is 12.4. The molecule has 0 aliphatic carbocycles. The van der Waals surface area contributed by atoms with E-state index in [-0.39, 0.29) is 24.4 Å². The van der Waals surface area contributed by atoms with E-state index in [9.17, 15) is 9.90 Å². The predicted octanol–water partition coefficient (Wildman–Crippen LogP) is 0.807. The zero-order valence-corrected chi connectivity index (χ0v) is 13.2. The fraction of sp³-hybridized carbons (Fsp3) is 0.533. The lowest BCUT2D eigenvalue weighted by molar-refractivity contribution is -0.122. The van der Waals surface area contributed by atoms with E-state index in [4.69, 9.17) is 4.74 Å². The van der Waals surface area contributed by atoms with Crippen LogP contribution in [0, 0.1) is 6.92 Å². The van der Waals surface area contributed by atoms with E-state index >= 15 is 0 Å². The van der Waals surface area contributed by atoms with Crippen molar-refractivity contribution in [3.63, 3.8) is 0 Å². The topological polar surface area (TPSA) is 70.6 Å². The SMILES string of the molecule is COc1cc(CCNC(=O)C2CC(O)CN2)ccc1C.Cl. The molecule has 1 saturated heterocycles. The van der Waals surface area contributed by atoms with Crippen LogP contribution in [-0.4, -0.2) is 43.4 Å². The number of hydrogen-bond donors (Lipinski definition) is 3. The summed E-state index contributed by atoms with van der Waals surface area (Å²) >= 11 is 0. The molecule has 2 unspecified atom stereocenters. The molecule has 0 saturated carbocycles. The Balaban J connectivity index is 0.00000220. The van der Waals surface area contributed by atoms with Crippen molar-refractivity contribution >= 4 is 18.3 Å². The van der Waals surface area contributed by atoms with Gasteiger partial charge in [-0.05, 0) is 37.0 Å². The molecule has 0 radical (unpaired) electrons. The molecule has 0 bridgehead atoms. The highest BCUT2D eigenvalue weighted by Crippen LogP contribution is 2.19. The average Bonchev–Trinajstić information content (AvgIpc) is 2.87. The van der Waals surface area contributed by atoms with Crippen molar-refractivity contribution in [1.29, 1.82) is 0 Å². The minimum absolute atomic E-state index is 0. The molecule has 0 aromatic heterocycles. The van der Waals surface area contributed by atoms with Crippen molar-refractivity contribution < 1.29 is 14.6 Å². The summed E-state index contributed by atoms with van der Waals surface area (Å²) in [6.07, 6.45) is 0.842. The fourth-order valence-electron chi connectivity index (χ4n) is 2.39. The van der Waals surface area contributed by atoms with Gasteiger partial charge in [0.05, 0.1) is 19.3 Å². The quantitative estimate of drug-likeness (QED) is 0.752. The molecule has 1 aromatic carbocycles. The van der Waals surface area contributed by atoms with Crippen LogP contribution in [0.25, 0.3) is 0 Å². The van der Waals surface area contributed by atoms with Crippen molar-refractivity contribution in [1.82, 2.24) is 10.6 Å². The molecular weight excluding hydrogens is 292 g/mol. The second kappa shape index (κ2) is 8.22. The summed E-state index contributed by atoms with van der Waals surface area (Å²) < 4.78 is 5.28. The van der Waals surface area contributed by atoms with Crippen LogP contribution in [0.5, 0.6) is 5.75 Å². The molecule has 1 fully saturated rings. The van der Waals surface area contributed by atoms with Crippen LogP contribution in [-0.2, 0) is 11.2 Å². The summed E-state index contributed by atoms with van der Waals surface area (Å²) in [4.78, 5) is 11.8. The van der Waals surface area contributed by atoms with E-state index in [2.05, 4.69) is 10.6 Å². The number of nitrogens with one attached hydrogen (secondary N) is 2. The van der Waals surface area contributed by atoms with Crippen molar-refractivity contribution in [2.24, 2.45) is 0 Å². The van der Waals surface area contributed by atoms with Gasteiger partial charge in [-0.2, -0.15) is 0 Å². The number of ether oxygens (including phenoxy) is 1. The van der Waals surface area contributed by atoms with Gasteiger partial charge in [-0.3, -0.25) is 4.79 Å². The summed E-state index contributed by atoms with van der Waals surface area (Å²) in [5.41, 5.74) is 2.23. The number of carbonyl (C=O) groups excluding carboxylic acids is 1. The predicted molar refractivity (Wildman–Crippen MR) is 84.1 cm³/mol. The van der Waals surface area contributed by atoms with Gasteiger partial charge < -0.3 is 20.5 Å². The molecule has 1 aliphatic heterocycles. The largest absolute Gasteiger partial charge is 0.496 e. The van der Waals surface area contributed by atoms with Crippen molar-refractivity contribution in [3.8, 4) is 5.75 Å². The number of halogens is 1. The van der Waals surface area contributed by atoms with Gasteiger partial charge in [-0.15, -0.1) is 12.4 Å². The van der Waals surface area contributed by atoms with Gasteiger partial charge in [-0.25, -0.2) is 0 Å². The lowest BCUT2D eigenvalue weighted by atomic mass is 10.1. The number of methoxy groups -OCH3 is 1. The number of rotatable bonds is 5. The molecule has 2 rings (SSSR count). The molecule has 2 atom stereocenters. The van der Waals surface area contributed by atoms with Gasteiger partial charge in [0.25, 0.3) is 0 Å². The van der Waals surface area contributed by atoms with E-state index < -0.39 is 6.10 Å². The third-order valence-electron chi connectivity index (χ3n) is 3.61. The van der Waals surface area contributed by atoms with Crippen LogP contribution in [0.2, 0.25) is 0 Å². The highest BCUT2D eigenvalue weighted by Gasteiger charge is 2.27. The second-order valence-corrected chi connectivity index (χ2v) is 5.20. The minimum atomic E-state index is -0.410. The Bertz CT molecular complexity index is 482. The monoisotopic (exact) mass is 314 g/mol. The van der Waals surface area contributed by atoms with Crippen LogP contribution < -0.4 is 15.4 Å². The maximum Gasteiger partial charge on any atom is 0.237 e. The van der Waals surface area contributed by atoms with Crippen LogP contribution in [0.4, 0.5) is 0 Å². The van der Waals surface area contributed by atoms with Crippen LogP contribution in [0.15, 0.2) is 18.2 Å². The van der Waals surface area contributed by atoms with Gasteiger partial charge in [-0.1, -0.05) is 12.1 Å². The molecule has 3 N–H and O–H groups in total. The lowest BCUT2D eigenvalue weighted by Crippen LogP contribution is -2.41. The number of hydrogen-bond acceptors (Lipinski definition) is 4. The number of β-amino-alcohol motifs (C(OH)–C–C–N with tert-alkyl or cyclic N) is 1. The summed E-state index contributed by atoms with van der Waals surface area (Å²) in [6.45, 7) is 3.08. The Kier molecular flexibility index (Phi) is 6.95. The molecule has 0 spiro atoms. The van der Waals surface area contributed by atoms with E-state index in [1.807, 2.05) is 25.1 Å². The highest BCUT2D eigenvalue weighted by molar-refractivity contribution is 5.85. The summed E-state index contributed by atoms with van der Waals surface area (Å²) in [7, 11) is 1.66. The number of aryl methyl sites for hydroxylation is 1. The van der Waals surface area contributed by atoms with Crippen molar-refractivity contribution in [2.75, 3.05) is 20.2 Å². The third-order valence-corrected chi connectivity index (χ3v) is 3.61. The van der Waals surface area contributed by atoms with Crippen LogP contribution >= 0.6 is 12.4 Å². The number of benzene rings is 1. The molecule has 1 heterocycles. The summed E-state index contributed by atoms with van der Waals surface area (Å²) in [5, 5.41) is 15.3. The molecule has 5 nitrogen and oxygen atoms in total. The van der Waals surface area contributed by atoms with Gasteiger partial charge >= 0.3 is 0 Å². The molecule has 1 aromatic rings. The van der Waals surface area contributed by atoms with E-state index in [1.165, 1.54) is 0 Å². The number of aliphatic hydroxyl groups excluding tert-OH is 1. The standard InChI is InChI=1S/C15H22N2O3.ClH/c1-10-3-4-11(7-14(10)20-2)5-6-16-15(19)13-8-12(18)9-17-13;/h3-4,7,12-13,17-18H,5-6,8-9H2,1-2H3,(H,16,19);1H. The molecule has 21 heavy (non-hydrogen) atoms. The fourth-order valence-corrected chi connectivity index (χ4v) is 2.39. The molecule has 1 amide bonds. The first-order valence-electron chi connectivity index (χ1n) is 6.93. The maximum absolute atomic E-state index is 11.8. The van der Waals surface area contributed by atoms with Gasteiger partial charge in [0.2, 0.25) is 5.91 Å². The Morgan fingerprint density at radius 1 is 1.52 bits per heavy atom. The molecular formula is C15H23ClN2O3. The van der Waals surface area contributed by atoms with Crippen molar-refractivity contribution in [2.45, 2.75) is 31.9 Å². The minimum Gasteiger partial charge on any atom is -0.496 e. The van der Waals surface area contributed by atoms with Crippen LogP contribution in [0.1, 0.15) is 17.5 Å². The van der Waals surface area contributed by atoms with E-state index in [0.29, 0.717) is 19.5 Å². The average molecular weight is 315 g/mol. The first-order valence-corrected chi connectivity index (χ1v) is 6.93. The molecule has 6 heteroatoms. The van der Waals surface area contributed by atoms with Crippen molar-refractivity contribution in [3.05, 3.63) is 29.3 Å². The number of carbonyl (C=O) groups is 1. The second-order valence-electron chi connectivity index (χ2n) is 5.20. The number of aliphatic hydroxyl groups is 1. The van der Waals surface area contributed by atoms with E-state index in [0.717, 1.165) is 23.3 Å². The first kappa shape index (κ1) is 17.8. The lowest BCUT2D eigenvalue weighted by Gasteiger charge is -2.12. The van der Waals surface area contributed by atoms with E-state index in [1.54, 1.807) is 7.11 Å². The summed E-state index contributed by atoms with van der Waals surface area (Å²) in [6, 6.07) is 5.79. The first-order chi connectivity index (χ1) is 9.60. The number of amides is 1.